The summed E-state index contributed by atoms with van der Waals surface area (Å²) in [5.41, 5.74) is 5.46. The van der Waals surface area contributed by atoms with Crippen molar-refractivity contribution in [2.24, 2.45) is 5.73 Å². The first-order valence-corrected chi connectivity index (χ1v) is 6.76. The summed E-state index contributed by atoms with van der Waals surface area (Å²) in [6.07, 6.45) is 4.59. The Morgan fingerprint density at radius 2 is 1.94 bits per heavy atom. The van der Waals surface area contributed by atoms with Gasteiger partial charge in [-0.3, -0.25) is 9.69 Å². The molecule has 1 amide bonds. The Bertz CT molecular complexity index is 235. The largest absolute Gasteiger partial charge is 0.345 e. The summed E-state index contributed by atoms with van der Waals surface area (Å²) in [7, 11) is 1.87. The molecule has 1 aliphatic rings. The van der Waals surface area contributed by atoms with Crippen molar-refractivity contribution in [1.29, 1.82) is 0 Å². The molecule has 17 heavy (non-hydrogen) atoms. The highest BCUT2D eigenvalue weighted by atomic mass is 16.2. The maximum Gasteiger partial charge on any atom is 0.236 e. The van der Waals surface area contributed by atoms with E-state index in [1.165, 1.54) is 19.3 Å². The lowest BCUT2D eigenvalue weighted by atomic mass is 9.97. The van der Waals surface area contributed by atoms with E-state index in [1.807, 2.05) is 7.05 Å². The molecule has 1 heterocycles. The molecule has 0 aromatic heterocycles. The Kier molecular flexibility index (Phi) is 5.92. The summed E-state index contributed by atoms with van der Waals surface area (Å²) < 4.78 is 0. The summed E-state index contributed by atoms with van der Waals surface area (Å²) in [6, 6.07) is 1.07. The van der Waals surface area contributed by atoms with Crippen LogP contribution < -0.4 is 5.73 Å². The molecule has 4 heteroatoms. The van der Waals surface area contributed by atoms with Crippen molar-refractivity contribution in [3.63, 3.8) is 0 Å². The number of nitrogens with zero attached hydrogens (tertiary/aromatic N) is 2. The van der Waals surface area contributed by atoms with Crippen LogP contribution in [0.15, 0.2) is 0 Å². The minimum Gasteiger partial charge on any atom is -0.345 e. The van der Waals surface area contributed by atoms with Crippen molar-refractivity contribution >= 4 is 5.91 Å². The number of nitrogens with two attached hydrogens (primary N) is 1. The second-order valence-corrected chi connectivity index (χ2v) is 5.26. The standard InChI is InChI=1S/C13H27N3O/c1-11-6-4-7-12(2)16(11)10-13(17)15(3)9-5-8-14/h11-12H,4-10,14H2,1-3H3. The van der Waals surface area contributed by atoms with Gasteiger partial charge in [-0.05, 0) is 39.7 Å². The molecule has 4 nitrogen and oxygen atoms in total. The van der Waals surface area contributed by atoms with Gasteiger partial charge in [-0.1, -0.05) is 6.42 Å². The van der Waals surface area contributed by atoms with Gasteiger partial charge in [0.05, 0.1) is 6.54 Å². The summed E-state index contributed by atoms with van der Waals surface area (Å²) in [5, 5.41) is 0. The first-order chi connectivity index (χ1) is 8.06. The molecule has 1 fully saturated rings. The molecule has 0 bridgehead atoms. The Morgan fingerprint density at radius 3 is 2.47 bits per heavy atom. The van der Waals surface area contributed by atoms with Crippen LogP contribution in [0.2, 0.25) is 0 Å². The predicted octanol–water partition coefficient (Wildman–Crippen LogP) is 1.06. The molecule has 0 aliphatic carbocycles. The number of piperidine rings is 1. The molecule has 0 aromatic rings. The minimum atomic E-state index is 0.221. The molecular formula is C13H27N3O. The van der Waals surface area contributed by atoms with Gasteiger partial charge >= 0.3 is 0 Å². The Hall–Kier alpha value is -0.610. The second kappa shape index (κ2) is 6.97. The second-order valence-electron chi connectivity index (χ2n) is 5.26. The van der Waals surface area contributed by atoms with Crippen LogP contribution in [0.25, 0.3) is 0 Å². The van der Waals surface area contributed by atoms with Crippen LogP contribution in [0.5, 0.6) is 0 Å². The number of likely N-dealkylation sites (N-methyl/N-ethyl adjacent to an activating group) is 1. The SMILES string of the molecule is CC1CCCC(C)N1CC(=O)N(C)CCCN. The summed E-state index contributed by atoms with van der Waals surface area (Å²) in [6.45, 7) is 6.43. The topological polar surface area (TPSA) is 49.6 Å². The summed E-state index contributed by atoms with van der Waals surface area (Å²) >= 11 is 0. The van der Waals surface area contributed by atoms with Gasteiger partial charge in [0.25, 0.3) is 0 Å². The van der Waals surface area contributed by atoms with Gasteiger partial charge in [0.1, 0.15) is 0 Å². The van der Waals surface area contributed by atoms with Crippen LogP contribution in [0, 0.1) is 0 Å². The molecule has 0 spiro atoms. The molecule has 0 saturated carbocycles. The van der Waals surface area contributed by atoms with E-state index >= 15 is 0 Å². The highest BCUT2D eigenvalue weighted by Crippen LogP contribution is 2.22. The van der Waals surface area contributed by atoms with Gasteiger partial charge in [0.2, 0.25) is 5.91 Å². The lowest BCUT2D eigenvalue weighted by molar-refractivity contribution is -0.132. The average Bonchev–Trinajstić information content (AvgIpc) is 2.30. The van der Waals surface area contributed by atoms with Crippen molar-refractivity contribution in [3.8, 4) is 0 Å². The highest BCUT2D eigenvalue weighted by molar-refractivity contribution is 5.78. The van der Waals surface area contributed by atoms with Gasteiger partial charge in [-0.15, -0.1) is 0 Å². The van der Waals surface area contributed by atoms with E-state index in [9.17, 15) is 4.79 Å². The first kappa shape index (κ1) is 14.5. The molecule has 2 N–H and O–H groups in total. The smallest absolute Gasteiger partial charge is 0.236 e. The molecule has 0 aromatic carbocycles. The molecule has 1 saturated heterocycles. The average molecular weight is 241 g/mol. The number of carbonyl (C=O) groups excluding carboxylic acids is 1. The van der Waals surface area contributed by atoms with Crippen LogP contribution in [-0.2, 0) is 4.79 Å². The maximum atomic E-state index is 12.1. The van der Waals surface area contributed by atoms with Gasteiger partial charge < -0.3 is 10.6 Å². The normalized spacial score (nSPS) is 25.9. The first-order valence-electron chi connectivity index (χ1n) is 6.76. The van der Waals surface area contributed by atoms with Crippen LogP contribution >= 0.6 is 0 Å². The van der Waals surface area contributed by atoms with E-state index in [0.717, 1.165) is 13.0 Å². The van der Waals surface area contributed by atoms with Gasteiger partial charge in [-0.25, -0.2) is 0 Å². The number of hydrogen-bond acceptors (Lipinski definition) is 3. The molecule has 1 aliphatic heterocycles. The fourth-order valence-corrected chi connectivity index (χ4v) is 2.52. The maximum absolute atomic E-state index is 12.1. The molecule has 100 valence electrons. The Morgan fingerprint density at radius 1 is 1.35 bits per heavy atom. The fourth-order valence-electron chi connectivity index (χ4n) is 2.52. The van der Waals surface area contributed by atoms with Crippen LogP contribution in [0.1, 0.15) is 39.5 Å². The van der Waals surface area contributed by atoms with Crippen molar-refractivity contribution in [2.45, 2.75) is 51.6 Å². The quantitative estimate of drug-likeness (QED) is 0.783. The fraction of sp³-hybridized carbons (Fsp3) is 0.923. The zero-order chi connectivity index (χ0) is 12.8. The van der Waals surface area contributed by atoms with Crippen molar-refractivity contribution in [3.05, 3.63) is 0 Å². The number of carbonyl (C=O) groups is 1. The van der Waals surface area contributed by atoms with Gasteiger partial charge in [0.15, 0.2) is 0 Å². The van der Waals surface area contributed by atoms with Crippen LogP contribution in [-0.4, -0.2) is 54.5 Å². The third-order valence-corrected chi connectivity index (χ3v) is 3.82. The minimum absolute atomic E-state index is 0.221. The molecule has 2 atom stereocenters. The number of likely N-dealkylation sites (tertiary alicyclic amines) is 1. The molecule has 0 radical (unpaired) electrons. The van der Waals surface area contributed by atoms with E-state index in [-0.39, 0.29) is 5.91 Å². The summed E-state index contributed by atoms with van der Waals surface area (Å²) in [4.78, 5) is 16.2. The number of hydrogen-bond donors (Lipinski definition) is 1. The van der Waals surface area contributed by atoms with E-state index < -0.39 is 0 Å². The Labute approximate surface area is 105 Å². The predicted molar refractivity (Wildman–Crippen MR) is 70.8 cm³/mol. The number of rotatable bonds is 5. The highest BCUT2D eigenvalue weighted by Gasteiger charge is 2.27. The van der Waals surface area contributed by atoms with Gasteiger partial charge in [-0.2, -0.15) is 0 Å². The third-order valence-electron chi connectivity index (χ3n) is 3.82. The zero-order valence-electron chi connectivity index (χ0n) is 11.5. The van der Waals surface area contributed by atoms with Crippen molar-refractivity contribution < 1.29 is 4.79 Å². The van der Waals surface area contributed by atoms with Gasteiger partial charge in [0, 0.05) is 25.7 Å². The molecular weight excluding hydrogens is 214 g/mol. The monoisotopic (exact) mass is 241 g/mol. The van der Waals surface area contributed by atoms with E-state index in [1.54, 1.807) is 4.90 Å². The zero-order valence-corrected chi connectivity index (χ0v) is 11.5. The number of amides is 1. The third kappa shape index (κ3) is 4.28. The lowest BCUT2D eigenvalue weighted by Gasteiger charge is -2.39. The molecule has 2 unspecified atom stereocenters. The molecule has 1 rings (SSSR count). The summed E-state index contributed by atoms with van der Waals surface area (Å²) in [5.74, 6) is 0.221. The van der Waals surface area contributed by atoms with Crippen LogP contribution in [0.3, 0.4) is 0 Å². The van der Waals surface area contributed by atoms with Crippen molar-refractivity contribution in [1.82, 2.24) is 9.80 Å². The van der Waals surface area contributed by atoms with E-state index in [0.29, 0.717) is 25.2 Å². The van der Waals surface area contributed by atoms with Crippen LogP contribution in [0.4, 0.5) is 0 Å². The Balaban J connectivity index is 2.43. The van der Waals surface area contributed by atoms with E-state index in [4.69, 9.17) is 5.73 Å². The van der Waals surface area contributed by atoms with E-state index in [2.05, 4.69) is 18.7 Å². The lowest BCUT2D eigenvalue weighted by Crippen LogP contribution is -2.49. The van der Waals surface area contributed by atoms with Crippen molar-refractivity contribution in [2.75, 3.05) is 26.7 Å².